The first-order chi connectivity index (χ1) is 17.7. The van der Waals surface area contributed by atoms with Crippen LogP contribution in [0, 0.1) is 20.8 Å². The van der Waals surface area contributed by atoms with Crippen LogP contribution in [0.5, 0.6) is 11.5 Å². The summed E-state index contributed by atoms with van der Waals surface area (Å²) in [6.45, 7) is 5.70. The number of hydrogen-bond acceptors (Lipinski definition) is 6. The first-order valence-electron chi connectivity index (χ1n) is 11.4. The summed E-state index contributed by atoms with van der Waals surface area (Å²) in [6, 6.07) is 16.4. The Labute approximate surface area is 230 Å². The summed E-state index contributed by atoms with van der Waals surface area (Å²) in [6.07, 6.45) is 1.77. The minimum Gasteiger partial charge on any atom is -0.493 e. The molecule has 0 spiro atoms. The van der Waals surface area contributed by atoms with Crippen LogP contribution in [0.3, 0.4) is 0 Å². The number of benzene rings is 3. The number of thioether (sulfide) groups is 1. The summed E-state index contributed by atoms with van der Waals surface area (Å²) in [7, 11) is 1.51. The third-order valence-electron chi connectivity index (χ3n) is 5.86. The van der Waals surface area contributed by atoms with Crippen molar-refractivity contribution >= 4 is 69.2 Å². The number of thiocarbonyl (C=S) groups is 1. The van der Waals surface area contributed by atoms with Crippen LogP contribution < -0.4 is 19.7 Å². The maximum absolute atomic E-state index is 13.2. The first-order valence-corrected chi connectivity index (χ1v) is 13.0. The lowest BCUT2D eigenvalue weighted by Gasteiger charge is -2.16. The van der Waals surface area contributed by atoms with Crippen molar-refractivity contribution in [3.05, 3.63) is 86.8 Å². The van der Waals surface area contributed by atoms with Gasteiger partial charge in [0.1, 0.15) is 0 Å². The largest absolute Gasteiger partial charge is 0.493 e. The van der Waals surface area contributed by atoms with Gasteiger partial charge in [0.15, 0.2) is 22.4 Å². The summed E-state index contributed by atoms with van der Waals surface area (Å²) in [5, 5.41) is 3.33. The summed E-state index contributed by atoms with van der Waals surface area (Å²) in [4.78, 5) is 27.6. The Balaban J connectivity index is 1.46. The molecular weight excluding hydrogens is 528 g/mol. The van der Waals surface area contributed by atoms with Gasteiger partial charge in [0, 0.05) is 10.7 Å². The third-order valence-corrected chi connectivity index (χ3v) is 7.40. The molecule has 3 aromatic rings. The number of amides is 2. The smallest absolute Gasteiger partial charge is 0.270 e. The number of rotatable bonds is 7. The van der Waals surface area contributed by atoms with E-state index in [4.69, 9.17) is 33.3 Å². The normalized spacial score (nSPS) is 14.3. The molecule has 190 valence electrons. The van der Waals surface area contributed by atoms with E-state index in [1.54, 1.807) is 41.3 Å². The van der Waals surface area contributed by atoms with Gasteiger partial charge in [-0.2, -0.15) is 0 Å². The average molecular weight is 553 g/mol. The number of carbonyl (C=O) groups is 2. The molecule has 2 amide bonds. The third kappa shape index (κ3) is 6.15. The van der Waals surface area contributed by atoms with Crippen molar-refractivity contribution in [2.75, 3.05) is 23.9 Å². The number of hydrogen-bond donors (Lipinski definition) is 1. The summed E-state index contributed by atoms with van der Waals surface area (Å²) in [5.41, 5.74) is 5.25. The highest BCUT2D eigenvalue weighted by atomic mass is 35.5. The van der Waals surface area contributed by atoms with Gasteiger partial charge in [-0.1, -0.05) is 53.8 Å². The van der Waals surface area contributed by atoms with Gasteiger partial charge in [-0.3, -0.25) is 14.5 Å². The molecule has 4 rings (SSSR count). The summed E-state index contributed by atoms with van der Waals surface area (Å²) < 4.78 is 11.6. The van der Waals surface area contributed by atoms with E-state index in [1.807, 2.05) is 45.0 Å². The second-order valence-electron chi connectivity index (χ2n) is 8.49. The van der Waals surface area contributed by atoms with Crippen LogP contribution in [0.1, 0.15) is 22.3 Å². The van der Waals surface area contributed by atoms with Crippen LogP contribution in [-0.2, 0) is 9.59 Å². The van der Waals surface area contributed by atoms with Crippen LogP contribution in [-0.4, -0.2) is 29.9 Å². The van der Waals surface area contributed by atoms with Gasteiger partial charge >= 0.3 is 0 Å². The Hall–Kier alpha value is -3.33. The van der Waals surface area contributed by atoms with E-state index in [0.717, 1.165) is 27.9 Å². The number of anilines is 2. The quantitative estimate of drug-likeness (QED) is 0.260. The summed E-state index contributed by atoms with van der Waals surface area (Å²) >= 11 is 12.8. The molecule has 6 nitrogen and oxygen atoms in total. The second kappa shape index (κ2) is 11.4. The molecule has 9 heteroatoms. The minimum absolute atomic E-state index is 0.175. The molecule has 0 aromatic heterocycles. The molecule has 1 aliphatic rings. The monoisotopic (exact) mass is 552 g/mol. The molecule has 0 atom stereocenters. The van der Waals surface area contributed by atoms with E-state index in [0.29, 0.717) is 31.4 Å². The van der Waals surface area contributed by atoms with Crippen LogP contribution in [0.25, 0.3) is 6.08 Å². The van der Waals surface area contributed by atoms with Gasteiger partial charge in [0.25, 0.3) is 11.8 Å². The molecule has 0 radical (unpaired) electrons. The van der Waals surface area contributed by atoms with E-state index in [-0.39, 0.29) is 18.4 Å². The molecule has 0 saturated carbocycles. The van der Waals surface area contributed by atoms with Crippen molar-refractivity contribution in [3.8, 4) is 11.5 Å². The van der Waals surface area contributed by atoms with E-state index in [1.165, 1.54) is 18.9 Å². The zero-order chi connectivity index (χ0) is 26.7. The fraction of sp³-hybridized carbons (Fsp3) is 0.179. The van der Waals surface area contributed by atoms with Gasteiger partial charge in [-0.25, -0.2) is 0 Å². The SMILES string of the molecule is COc1cc(/C=C2\SC(=S)N(c3ccc(C)c(C)c3)C2=O)ccc1OCC(=O)Nc1cc(Cl)ccc1C. The standard InChI is InChI=1S/C28H25ClN2O4S2/c1-16-6-9-21(11-18(16)3)31-27(33)25(37-28(31)36)13-19-7-10-23(24(12-19)34-4)35-15-26(32)30-22-14-20(29)8-5-17(22)2/h5-14H,15H2,1-4H3,(H,30,32)/b25-13-. The Morgan fingerprint density at radius 3 is 2.51 bits per heavy atom. The number of nitrogens with one attached hydrogen (secondary N) is 1. The van der Waals surface area contributed by atoms with Crippen LogP contribution >= 0.6 is 35.6 Å². The van der Waals surface area contributed by atoms with Gasteiger partial charge < -0.3 is 14.8 Å². The van der Waals surface area contributed by atoms with E-state index >= 15 is 0 Å². The number of aryl methyl sites for hydroxylation is 3. The second-order valence-corrected chi connectivity index (χ2v) is 10.6. The predicted octanol–water partition coefficient (Wildman–Crippen LogP) is 6.70. The highest BCUT2D eigenvalue weighted by molar-refractivity contribution is 8.27. The van der Waals surface area contributed by atoms with Gasteiger partial charge in [-0.05, 0) is 85.5 Å². The molecule has 1 saturated heterocycles. The minimum atomic E-state index is -0.327. The number of halogens is 1. The summed E-state index contributed by atoms with van der Waals surface area (Å²) in [5.74, 6) is 0.336. The topological polar surface area (TPSA) is 67.9 Å². The Morgan fingerprint density at radius 1 is 1.03 bits per heavy atom. The Bertz CT molecular complexity index is 1440. The fourth-order valence-corrected chi connectivity index (χ4v) is 5.13. The van der Waals surface area contributed by atoms with E-state index in [2.05, 4.69) is 5.32 Å². The number of carbonyl (C=O) groups excluding carboxylic acids is 2. The zero-order valence-corrected chi connectivity index (χ0v) is 23.1. The highest BCUT2D eigenvalue weighted by Crippen LogP contribution is 2.37. The number of ether oxygens (including phenoxy) is 2. The van der Waals surface area contributed by atoms with E-state index in [9.17, 15) is 9.59 Å². The molecule has 1 aliphatic heterocycles. The van der Waals surface area contributed by atoms with Gasteiger partial charge in [0.2, 0.25) is 0 Å². The Kier molecular flexibility index (Phi) is 8.22. The average Bonchev–Trinajstić information content (AvgIpc) is 3.14. The van der Waals surface area contributed by atoms with Crippen LogP contribution in [0.4, 0.5) is 11.4 Å². The molecule has 37 heavy (non-hydrogen) atoms. The maximum atomic E-state index is 13.2. The van der Waals surface area contributed by atoms with E-state index < -0.39 is 0 Å². The Morgan fingerprint density at radius 2 is 1.78 bits per heavy atom. The molecule has 1 N–H and O–H groups in total. The lowest BCUT2D eigenvalue weighted by molar-refractivity contribution is -0.118. The van der Waals surface area contributed by atoms with Crippen LogP contribution in [0.15, 0.2) is 59.5 Å². The van der Waals surface area contributed by atoms with Gasteiger partial charge in [0.05, 0.1) is 17.7 Å². The lowest BCUT2D eigenvalue weighted by atomic mass is 10.1. The van der Waals surface area contributed by atoms with Crippen molar-refractivity contribution in [2.24, 2.45) is 0 Å². The van der Waals surface area contributed by atoms with Crippen molar-refractivity contribution < 1.29 is 19.1 Å². The fourth-order valence-electron chi connectivity index (χ4n) is 3.66. The van der Waals surface area contributed by atoms with Crippen molar-refractivity contribution in [1.82, 2.24) is 0 Å². The lowest BCUT2D eigenvalue weighted by Crippen LogP contribution is -2.27. The van der Waals surface area contributed by atoms with Crippen LogP contribution in [0.2, 0.25) is 5.02 Å². The molecule has 0 aliphatic carbocycles. The molecule has 0 unspecified atom stereocenters. The molecule has 1 heterocycles. The first kappa shape index (κ1) is 26.7. The highest BCUT2D eigenvalue weighted by Gasteiger charge is 2.33. The maximum Gasteiger partial charge on any atom is 0.270 e. The zero-order valence-electron chi connectivity index (χ0n) is 20.8. The predicted molar refractivity (Wildman–Crippen MR) is 155 cm³/mol. The molecule has 3 aromatic carbocycles. The number of nitrogens with zero attached hydrogens (tertiary/aromatic N) is 1. The van der Waals surface area contributed by atoms with Crippen molar-refractivity contribution in [3.63, 3.8) is 0 Å². The van der Waals surface area contributed by atoms with Crippen molar-refractivity contribution in [1.29, 1.82) is 0 Å². The van der Waals surface area contributed by atoms with Crippen molar-refractivity contribution in [2.45, 2.75) is 20.8 Å². The molecule has 1 fully saturated rings. The number of methoxy groups -OCH3 is 1. The molecule has 0 bridgehead atoms. The molecular formula is C28H25ClN2O4S2. The van der Waals surface area contributed by atoms with Gasteiger partial charge in [-0.15, -0.1) is 0 Å².